The van der Waals surface area contributed by atoms with Crippen molar-refractivity contribution >= 4 is 30.3 Å². The number of ether oxygens (including phenoxy) is 7. The van der Waals surface area contributed by atoms with E-state index in [1.54, 1.807) is 11.8 Å². The lowest BCUT2D eigenvalue weighted by molar-refractivity contribution is -0.156. The molecule has 36 heavy (non-hydrogen) atoms. The minimum atomic E-state index is -0.472. The van der Waals surface area contributed by atoms with Gasteiger partial charge in [-0.2, -0.15) is 5.10 Å². The molecule has 10 nitrogen and oxygen atoms in total. The summed E-state index contributed by atoms with van der Waals surface area (Å²) in [6, 6.07) is 7.39. The SMILES string of the molecule is C=N/N=C(\OCSC)c1ccc(OCCOCCOCCOCCOCCC(=O)OC(C)(C)C)cc1. The lowest BCUT2D eigenvalue weighted by Crippen LogP contribution is -2.24. The third-order valence-corrected chi connectivity index (χ3v) is 4.41. The van der Waals surface area contributed by atoms with Gasteiger partial charge in [-0.25, -0.2) is 0 Å². The van der Waals surface area contributed by atoms with E-state index < -0.39 is 5.60 Å². The molecule has 0 atom stereocenters. The maximum Gasteiger partial charge on any atom is 0.308 e. The Labute approximate surface area is 218 Å². The lowest BCUT2D eigenvalue weighted by Gasteiger charge is -2.19. The van der Waals surface area contributed by atoms with Crippen LogP contribution in [0.4, 0.5) is 0 Å². The number of rotatable bonds is 20. The molecule has 0 amide bonds. The molecule has 0 N–H and O–H groups in total. The van der Waals surface area contributed by atoms with Crippen molar-refractivity contribution in [2.24, 2.45) is 10.2 Å². The minimum Gasteiger partial charge on any atom is -0.491 e. The molecule has 0 saturated heterocycles. The maximum atomic E-state index is 11.5. The second-order valence-electron chi connectivity index (χ2n) is 8.26. The van der Waals surface area contributed by atoms with Crippen molar-refractivity contribution in [3.8, 4) is 5.75 Å². The molecule has 0 aliphatic carbocycles. The number of esters is 1. The van der Waals surface area contributed by atoms with E-state index in [1.807, 2.05) is 51.3 Å². The van der Waals surface area contributed by atoms with Crippen LogP contribution in [0.15, 0.2) is 34.5 Å². The first-order valence-electron chi connectivity index (χ1n) is 11.8. The Bertz CT molecular complexity index is 753. The summed E-state index contributed by atoms with van der Waals surface area (Å²) in [5.41, 5.74) is 0.326. The summed E-state index contributed by atoms with van der Waals surface area (Å²) < 4.78 is 38.2. The molecule has 0 bridgehead atoms. The quantitative estimate of drug-likeness (QED) is 0.0627. The van der Waals surface area contributed by atoms with E-state index >= 15 is 0 Å². The number of hydrogen-bond acceptors (Lipinski definition) is 11. The van der Waals surface area contributed by atoms with Crippen molar-refractivity contribution in [2.45, 2.75) is 32.8 Å². The van der Waals surface area contributed by atoms with Crippen LogP contribution in [-0.4, -0.2) is 95.8 Å². The van der Waals surface area contributed by atoms with Gasteiger partial charge in [0.1, 0.15) is 23.9 Å². The minimum absolute atomic E-state index is 0.232. The first-order valence-corrected chi connectivity index (χ1v) is 13.2. The highest BCUT2D eigenvalue weighted by atomic mass is 32.2. The van der Waals surface area contributed by atoms with Crippen LogP contribution in [0.1, 0.15) is 32.8 Å². The van der Waals surface area contributed by atoms with Crippen molar-refractivity contribution in [3.63, 3.8) is 0 Å². The largest absolute Gasteiger partial charge is 0.491 e. The highest BCUT2D eigenvalue weighted by Gasteiger charge is 2.15. The van der Waals surface area contributed by atoms with Crippen molar-refractivity contribution < 1.29 is 38.0 Å². The van der Waals surface area contributed by atoms with Gasteiger partial charge in [0, 0.05) is 12.3 Å². The Morgan fingerprint density at radius 1 is 0.861 bits per heavy atom. The average molecular weight is 529 g/mol. The van der Waals surface area contributed by atoms with E-state index in [0.717, 1.165) is 11.3 Å². The number of carbonyl (C=O) groups is 1. The molecule has 0 heterocycles. The van der Waals surface area contributed by atoms with Crippen molar-refractivity contribution in [3.05, 3.63) is 29.8 Å². The van der Waals surface area contributed by atoms with Crippen molar-refractivity contribution in [2.75, 3.05) is 71.7 Å². The number of carbonyl (C=O) groups excluding carboxylic acids is 1. The van der Waals surface area contributed by atoms with Crippen LogP contribution in [0, 0.1) is 0 Å². The first kappa shape index (κ1) is 31.8. The van der Waals surface area contributed by atoms with Crippen LogP contribution in [0.5, 0.6) is 5.75 Å². The van der Waals surface area contributed by atoms with Gasteiger partial charge in [0.25, 0.3) is 0 Å². The summed E-state index contributed by atoms with van der Waals surface area (Å²) in [6.07, 6.45) is 2.17. The Morgan fingerprint density at radius 2 is 1.39 bits per heavy atom. The lowest BCUT2D eigenvalue weighted by atomic mass is 10.2. The summed E-state index contributed by atoms with van der Waals surface area (Å²) in [7, 11) is 0. The molecule has 1 aromatic carbocycles. The zero-order valence-electron chi connectivity index (χ0n) is 21.9. The monoisotopic (exact) mass is 528 g/mol. The molecule has 0 radical (unpaired) electrons. The third kappa shape index (κ3) is 17.3. The van der Waals surface area contributed by atoms with E-state index in [2.05, 4.69) is 16.9 Å². The smallest absolute Gasteiger partial charge is 0.308 e. The highest BCUT2D eigenvalue weighted by molar-refractivity contribution is 7.98. The van der Waals surface area contributed by atoms with Crippen LogP contribution in [0.25, 0.3) is 0 Å². The molecule has 0 fully saturated rings. The summed E-state index contributed by atoms with van der Waals surface area (Å²) in [5, 5.41) is 7.45. The molecule has 1 aromatic rings. The first-order chi connectivity index (χ1) is 17.4. The predicted octanol–water partition coefficient (Wildman–Crippen LogP) is 3.56. The third-order valence-electron chi connectivity index (χ3n) is 4.06. The number of benzene rings is 1. The Morgan fingerprint density at radius 3 is 1.89 bits per heavy atom. The van der Waals surface area contributed by atoms with Gasteiger partial charge in [0.15, 0.2) is 0 Å². The van der Waals surface area contributed by atoms with Gasteiger partial charge < -0.3 is 33.2 Å². The van der Waals surface area contributed by atoms with Gasteiger partial charge in [0.2, 0.25) is 5.90 Å². The number of nitrogens with zero attached hydrogens (tertiary/aromatic N) is 2. The topological polar surface area (TPSA) is 106 Å². The molecule has 11 heteroatoms. The number of thioether (sulfide) groups is 1. The highest BCUT2D eigenvalue weighted by Crippen LogP contribution is 2.14. The second-order valence-corrected chi connectivity index (χ2v) is 9.07. The van der Waals surface area contributed by atoms with Crippen molar-refractivity contribution in [1.29, 1.82) is 0 Å². The van der Waals surface area contributed by atoms with Crippen LogP contribution >= 0.6 is 11.8 Å². The molecular formula is C25H40N2O8S. The van der Waals surface area contributed by atoms with Gasteiger partial charge in [-0.3, -0.25) is 4.79 Å². The van der Waals surface area contributed by atoms with Crippen LogP contribution in [-0.2, 0) is 33.2 Å². The zero-order valence-corrected chi connectivity index (χ0v) is 22.7. The van der Waals surface area contributed by atoms with Gasteiger partial charge in [-0.1, -0.05) is 0 Å². The van der Waals surface area contributed by atoms with Gasteiger partial charge in [-0.05, 0) is 51.3 Å². The normalized spacial score (nSPS) is 11.8. The van der Waals surface area contributed by atoms with Crippen LogP contribution in [0.2, 0.25) is 0 Å². The molecule has 0 spiro atoms. The predicted molar refractivity (Wildman–Crippen MR) is 141 cm³/mol. The van der Waals surface area contributed by atoms with Gasteiger partial charge >= 0.3 is 5.97 Å². The standard InChI is InChI=1S/C25H40N2O8S/c1-25(2,3)35-23(28)10-11-29-12-13-30-14-15-31-16-17-32-18-19-33-22-8-6-21(7-9-22)24(27-26-4)34-20-36-5/h6-9H,4,10-20H2,1-3,5H3/b27-24-. The molecular weight excluding hydrogens is 488 g/mol. The summed E-state index contributed by atoms with van der Waals surface area (Å²) in [5.74, 6) is 1.36. The van der Waals surface area contributed by atoms with Crippen LogP contribution < -0.4 is 4.74 Å². The maximum absolute atomic E-state index is 11.5. The Balaban J connectivity index is 1.95. The fraction of sp³-hybridized carbons (Fsp3) is 0.640. The molecule has 204 valence electrons. The summed E-state index contributed by atoms with van der Waals surface area (Å²) >= 11 is 1.55. The van der Waals surface area contributed by atoms with Crippen LogP contribution in [0.3, 0.4) is 0 Å². The van der Waals surface area contributed by atoms with E-state index in [0.29, 0.717) is 71.3 Å². The van der Waals surface area contributed by atoms with E-state index in [1.165, 1.54) is 0 Å². The number of hydrogen-bond donors (Lipinski definition) is 0. The Hall–Kier alpha value is -2.18. The fourth-order valence-corrected chi connectivity index (χ4v) is 2.80. The van der Waals surface area contributed by atoms with Gasteiger partial charge in [0.05, 0.1) is 59.3 Å². The molecule has 0 aliphatic heterocycles. The zero-order chi connectivity index (χ0) is 26.5. The molecule has 0 saturated carbocycles. The summed E-state index contributed by atoms with van der Waals surface area (Å²) in [6.45, 7) is 12.8. The molecule has 0 aromatic heterocycles. The van der Waals surface area contributed by atoms with Crippen molar-refractivity contribution in [1.82, 2.24) is 0 Å². The summed E-state index contributed by atoms with van der Waals surface area (Å²) in [4.78, 5) is 11.5. The van der Waals surface area contributed by atoms with E-state index in [9.17, 15) is 4.79 Å². The molecule has 0 aliphatic rings. The molecule has 1 rings (SSSR count). The Kier molecular flexibility index (Phi) is 17.6. The molecule has 0 unspecified atom stereocenters. The van der Waals surface area contributed by atoms with E-state index in [-0.39, 0.29) is 12.4 Å². The average Bonchev–Trinajstić information content (AvgIpc) is 2.83. The fourth-order valence-electron chi connectivity index (χ4n) is 2.57. The van der Waals surface area contributed by atoms with E-state index in [4.69, 9.17) is 33.2 Å². The second kappa shape index (κ2) is 19.9. The van der Waals surface area contributed by atoms with Gasteiger partial charge in [-0.15, -0.1) is 16.9 Å².